The maximum absolute atomic E-state index is 12.7. The fourth-order valence-electron chi connectivity index (χ4n) is 1.47. The van der Waals surface area contributed by atoms with Gasteiger partial charge in [0.2, 0.25) is 0 Å². The summed E-state index contributed by atoms with van der Waals surface area (Å²) in [6.45, 7) is -0.324. The third-order valence-electron chi connectivity index (χ3n) is 2.43. The van der Waals surface area contributed by atoms with Crippen LogP contribution in [0.3, 0.4) is 0 Å². The van der Waals surface area contributed by atoms with Crippen LogP contribution in [0.15, 0.2) is 41.8 Å². The van der Waals surface area contributed by atoms with E-state index in [0.29, 0.717) is 5.56 Å². The van der Waals surface area contributed by atoms with Crippen LogP contribution in [0, 0.1) is 5.82 Å². The zero-order valence-corrected chi connectivity index (χ0v) is 10.8. The molecule has 5 heteroatoms. The van der Waals surface area contributed by atoms with Crippen LogP contribution in [-0.2, 0) is 16.0 Å². The zero-order valence-electron chi connectivity index (χ0n) is 9.97. The number of ketones is 1. The summed E-state index contributed by atoms with van der Waals surface area (Å²) in [5.74, 6) is -1.20. The molecule has 1 aromatic carbocycles. The Hall–Kier alpha value is -2.01. The second-order valence-electron chi connectivity index (χ2n) is 3.85. The lowest BCUT2D eigenvalue weighted by atomic mass is 10.1. The van der Waals surface area contributed by atoms with Crippen molar-refractivity contribution in [3.05, 3.63) is 58.0 Å². The number of halogens is 1. The Morgan fingerprint density at radius 1 is 1.16 bits per heavy atom. The average molecular weight is 278 g/mol. The maximum atomic E-state index is 12.7. The van der Waals surface area contributed by atoms with Gasteiger partial charge in [-0.05, 0) is 35.7 Å². The van der Waals surface area contributed by atoms with Crippen molar-refractivity contribution in [2.75, 3.05) is 6.61 Å². The van der Waals surface area contributed by atoms with Gasteiger partial charge in [0, 0.05) is 10.4 Å². The van der Waals surface area contributed by atoms with Crippen LogP contribution in [0.1, 0.15) is 15.2 Å². The molecule has 0 radical (unpaired) electrons. The van der Waals surface area contributed by atoms with Crippen molar-refractivity contribution < 1.29 is 18.7 Å². The van der Waals surface area contributed by atoms with Crippen molar-refractivity contribution in [1.29, 1.82) is 0 Å². The SMILES string of the molecule is O=C(Cc1cccs1)OCC(=O)c1ccc(F)cc1. The maximum Gasteiger partial charge on any atom is 0.311 e. The van der Waals surface area contributed by atoms with Crippen LogP contribution in [0.25, 0.3) is 0 Å². The van der Waals surface area contributed by atoms with Crippen LogP contribution in [0.2, 0.25) is 0 Å². The number of hydrogen-bond acceptors (Lipinski definition) is 4. The van der Waals surface area contributed by atoms with Gasteiger partial charge in [-0.1, -0.05) is 6.07 Å². The molecular weight excluding hydrogens is 267 g/mol. The molecule has 0 atom stereocenters. The summed E-state index contributed by atoms with van der Waals surface area (Å²) in [5, 5.41) is 1.87. The molecule has 98 valence electrons. The summed E-state index contributed by atoms with van der Waals surface area (Å²) in [5.41, 5.74) is 0.324. The van der Waals surface area contributed by atoms with E-state index in [1.807, 2.05) is 17.5 Å². The molecule has 0 fully saturated rings. The van der Waals surface area contributed by atoms with Crippen LogP contribution >= 0.6 is 11.3 Å². The number of rotatable bonds is 5. The van der Waals surface area contributed by atoms with Gasteiger partial charge < -0.3 is 4.74 Å². The fraction of sp³-hybridized carbons (Fsp3) is 0.143. The number of carbonyl (C=O) groups is 2. The molecule has 0 aliphatic rings. The second-order valence-corrected chi connectivity index (χ2v) is 4.88. The minimum atomic E-state index is -0.446. The van der Waals surface area contributed by atoms with Crippen molar-refractivity contribution in [2.24, 2.45) is 0 Å². The number of thiophene rings is 1. The predicted molar refractivity (Wildman–Crippen MR) is 69.7 cm³/mol. The minimum absolute atomic E-state index is 0.161. The molecule has 0 unspecified atom stereocenters. The Kier molecular flexibility index (Phi) is 4.41. The summed E-state index contributed by atoms with van der Waals surface area (Å²) < 4.78 is 17.6. The zero-order chi connectivity index (χ0) is 13.7. The van der Waals surface area contributed by atoms with Gasteiger partial charge in [-0.3, -0.25) is 9.59 Å². The van der Waals surface area contributed by atoms with Crippen molar-refractivity contribution in [3.8, 4) is 0 Å². The fourth-order valence-corrected chi connectivity index (χ4v) is 2.16. The molecule has 2 aromatic rings. The predicted octanol–water partition coefficient (Wildman–Crippen LogP) is 2.86. The Labute approximate surface area is 113 Å². The lowest BCUT2D eigenvalue weighted by molar-refractivity contribution is -0.141. The molecule has 0 aliphatic heterocycles. The van der Waals surface area contributed by atoms with E-state index in [1.165, 1.54) is 35.6 Å². The molecule has 1 aromatic heterocycles. The number of Topliss-reactive ketones (excluding diaryl/α,β-unsaturated/α-hetero) is 1. The number of hydrogen-bond donors (Lipinski definition) is 0. The highest BCUT2D eigenvalue weighted by atomic mass is 32.1. The van der Waals surface area contributed by atoms with Crippen molar-refractivity contribution in [1.82, 2.24) is 0 Å². The van der Waals surface area contributed by atoms with Gasteiger partial charge in [0.1, 0.15) is 5.82 Å². The first-order valence-corrected chi connectivity index (χ1v) is 6.50. The Morgan fingerprint density at radius 2 is 1.89 bits per heavy atom. The van der Waals surface area contributed by atoms with Crippen LogP contribution in [-0.4, -0.2) is 18.4 Å². The third kappa shape index (κ3) is 3.99. The van der Waals surface area contributed by atoms with Gasteiger partial charge >= 0.3 is 5.97 Å². The van der Waals surface area contributed by atoms with Crippen LogP contribution in [0.4, 0.5) is 4.39 Å². The van der Waals surface area contributed by atoms with E-state index < -0.39 is 11.8 Å². The van der Waals surface area contributed by atoms with Gasteiger partial charge in [-0.2, -0.15) is 0 Å². The topological polar surface area (TPSA) is 43.4 Å². The third-order valence-corrected chi connectivity index (χ3v) is 3.31. The number of esters is 1. The van der Waals surface area contributed by atoms with Crippen molar-refractivity contribution in [2.45, 2.75) is 6.42 Å². The first-order valence-electron chi connectivity index (χ1n) is 5.62. The molecule has 2 rings (SSSR count). The van der Waals surface area contributed by atoms with E-state index >= 15 is 0 Å². The summed E-state index contributed by atoms with van der Waals surface area (Å²) in [4.78, 5) is 24.0. The lowest BCUT2D eigenvalue weighted by Crippen LogP contribution is -2.15. The molecule has 19 heavy (non-hydrogen) atoms. The molecule has 0 N–H and O–H groups in total. The van der Waals surface area contributed by atoms with Crippen LogP contribution < -0.4 is 0 Å². The smallest absolute Gasteiger partial charge is 0.311 e. The largest absolute Gasteiger partial charge is 0.457 e. The summed E-state index contributed by atoms with van der Waals surface area (Å²) in [6.07, 6.45) is 0.161. The highest BCUT2D eigenvalue weighted by Crippen LogP contribution is 2.10. The molecule has 0 bridgehead atoms. The minimum Gasteiger partial charge on any atom is -0.457 e. The van der Waals surface area contributed by atoms with Gasteiger partial charge in [0.15, 0.2) is 12.4 Å². The molecule has 3 nitrogen and oxygen atoms in total. The first-order chi connectivity index (χ1) is 9.15. The number of carbonyl (C=O) groups excluding carboxylic acids is 2. The van der Waals surface area contributed by atoms with Gasteiger partial charge in [0.25, 0.3) is 0 Å². The Balaban J connectivity index is 1.83. The molecule has 0 saturated carbocycles. The van der Waals surface area contributed by atoms with Gasteiger partial charge in [0.05, 0.1) is 6.42 Å². The summed E-state index contributed by atoms with van der Waals surface area (Å²) in [6, 6.07) is 8.79. The molecule has 0 spiro atoms. The van der Waals surface area contributed by atoms with E-state index in [9.17, 15) is 14.0 Å². The molecule has 1 heterocycles. The van der Waals surface area contributed by atoms with E-state index in [0.717, 1.165) is 4.88 Å². The van der Waals surface area contributed by atoms with E-state index in [2.05, 4.69) is 0 Å². The second kappa shape index (κ2) is 6.24. The normalized spacial score (nSPS) is 10.2. The summed E-state index contributed by atoms with van der Waals surface area (Å²) in [7, 11) is 0. The molecule has 0 aliphatic carbocycles. The Bertz CT molecular complexity index is 561. The summed E-state index contributed by atoms with van der Waals surface area (Å²) >= 11 is 1.46. The highest BCUT2D eigenvalue weighted by molar-refractivity contribution is 7.10. The lowest BCUT2D eigenvalue weighted by Gasteiger charge is -2.03. The average Bonchev–Trinajstić information content (AvgIpc) is 2.89. The standard InChI is InChI=1S/C14H11FO3S/c15-11-5-3-10(4-6-11)13(16)9-18-14(17)8-12-2-1-7-19-12/h1-7H,8-9H2. The van der Waals surface area contributed by atoms with Gasteiger partial charge in [-0.15, -0.1) is 11.3 Å². The van der Waals surface area contributed by atoms with Crippen molar-refractivity contribution in [3.63, 3.8) is 0 Å². The first kappa shape index (κ1) is 13.4. The van der Waals surface area contributed by atoms with Crippen LogP contribution in [0.5, 0.6) is 0 Å². The number of benzene rings is 1. The monoisotopic (exact) mass is 278 g/mol. The van der Waals surface area contributed by atoms with E-state index in [1.54, 1.807) is 0 Å². The quantitative estimate of drug-likeness (QED) is 0.624. The molecular formula is C14H11FO3S. The highest BCUT2D eigenvalue weighted by Gasteiger charge is 2.11. The van der Waals surface area contributed by atoms with E-state index in [4.69, 9.17) is 4.74 Å². The molecule has 0 saturated heterocycles. The number of ether oxygens (including phenoxy) is 1. The Morgan fingerprint density at radius 3 is 2.53 bits per heavy atom. The van der Waals surface area contributed by atoms with E-state index in [-0.39, 0.29) is 18.8 Å². The van der Waals surface area contributed by atoms with Gasteiger partial charge in [-0.25, -0.2) is 4.39 Å². The van der Waals surface area contributed by atoms with Crippen molar-refractivity contribution >= 4 is 23.1 Å². The molecule has 0 amide bonds.